The zero-order valence-corrected chi connectivity index (χ0v) is 24.3. The van der Waals surface area contributed by atoms with Crippen molar-refractivity contribution in [2.45, 2.75) is 89.5 Å². The van der Waals surface area contributed by atoms with Crippen molar-refractivity contribution < 1.29 is 65.0 Å². The van der Waals surface area contributed by atoms with E-state index in [0.717, 1.165) is 40.2 Å². The minimum Gasteiger partial charge on any atom is -0.455 e. The zero-order chi connectivity index (χ0) is 30.9. The number of hydrogen-bond donors (Lipinski definition) is 0. The third kappa shape index (κ3) is 10.1. The minimum absolute atomic E-state index is 0.00892. The summed E-state index contributed by atoms with van der Waals surface area (Å²) in [5.74, 6) is -4.26. The molecule has 3 unspecified atom stereocenters. The highest BCUT2D eigenvalue weighted by atomic mass is 32.2. The number of benzene rings is 1. The van der Waals surface area contributed by atoms with E-state index in [2.05, 4.69) is 0 Å². The van der Waals surface area contributed by atoms with Gasteiger partial charge in [0.25, 0.3) is 10.1 Å². The van der Waals surface area contributed by atoms with E-state index in [-0.39, 0.29) is 24.5 Å². The summed E-state index contributed by atoms with van der Waals surface area (Å²) in [5, 5.41) is 0. The maximum absolute atomic E-state index is 12.5. The molecular weight excluding hydrogens is 568 g/mol. The van der Waals surface area contributed by atoms with Crippen LogP contribution in [0.5, 0.6) is 0 Å². The van der Waals surface area contributed by atoms with Crippen LogP contribution in [0.25, 0.3) is 0 Å². The molecule has 41 heavy (non-hydrogen) atoms. The topological polar surface area (TPSA) is 184 Å². The van der Waals surface area contributed by atoms with Crippen molar-refractivity contribution in [2.24, 2.45) is 0 Å². The van der Waals surface area contributed by atoms with Crippen molar-refractivity contribution in [3.8, 4) is 0 Å². The molecule has 0 aromatic heterocycles. The molecule has 0 bridgehead atoms. The molecule has 14 nitrogen and oxygen atoms in total. The van der Waals surface area contributed by atoms with Crippen LogP contribution in [0.1, 0.15) is 46.6 Å². The summed E-state index contributed by atoms with van der Waals surface area (Å²) < 4.78 is 62.6. The highest BCUT2D eigenvalue weighted by Gasteiger charge is 2.59. The van der Waals surface area contributed by atoms with E-state index in [1.807, 2.05) is 0 Å². The van der Waals surface area contributed by atoms with Crippen LogP contribution in [0.15, 0.2) is 29.2 Å². The van der Waals surface area contributed by atoms with Gasteiger partial charge in [-0.2, -0.15) is 8.42 Å². The third-order valence-electron chi connectivity index (χ3n) is 5.60. The Morgan fingerprint density at radius 2 is 0.927 bits per heavy atom. The van der Waals surface area contributed by atoms with Crippen LogP contribution in [0.4, 0.5) is 0 Å². The maximum atomic E-state index is 12.5. The molecule has 0 radical (unpaired) electrons. The molecule has 0 saturated heterocycles. The average molecular weight is 603 g/mol. The Labute approximate surface area is 237 Å². The van der Waals surface area contributed by atoms with Gasteiger partial charge in [-0.1, -0.05) is 17.7 Å². The Morgan fingerprint density at radius 3 is 1.27 bits per heavy atom. The summed E-state index contributed by atoms with van der Waals surface area (Å²) in [4.78, 5) is 60.0. The molecule has 6 atom stereocenters. The summed E-state index contributed by atoms with van der Waals surface area (Å²) in [5.41, 5.74) is 0.865. The standard InChI is InChI=1S/C26H34O14S/c1-14-8-10-20(11-9-14)41(32,33)35-13-7-12-34-21-22(36-15(2)27)24(38-17(4)29)26(40-19(6)31)25(39-18(5)30)23(21)37-16(3)28/h8-11,21-26H,7,12-13H2,1-6H3/t21-,22+,23?,24?,25?,26+/m0/s1. The molecule has 1 aliphatic carbocycles. The maximum Gasteiger partial charge on any atom is 0.303 e. The van der Waals surface area contributed by atoms with Gasteiger partial charge in [0.2, 0.25) is 0 Å². The third-order valence-corrected chi connectivity index (χ3v) is 6.93. The lowest BCUT2D eigenvalue weighted by molar-refractivity contribution is -0.262. The second-order valence-corrected chi connectivity index (χ2v) is 10.8. The second kappa shape index (κ2) is 14.9. The van der Waals surface area contributed by atoms with Gasteiger partial charge >= 0.3 is 29.8 Å². The van der Waals surface area contributed by atoms with Gasteiger partial charge in [0.05, 0.1) is 11.5 Å². The molecule has 1 aromatic rings. The van der Waals surface area contributed by atoms with Crippen LogP contribution in [-0.4, -0.2) is 88.1 Å². The molecule has 228 valence electrons. The lowest BCUT2D eigenvalue weighted by Gasteiger charge is -2.47. The van der Waals surface area contributed by atoms with E-state index >= 15 is 0 Å². The van der Waals surface area contributed by atoms with E-state index in [4.69, 9.17) is 32.6 Å². The number of esters is 5. The predicted molar refractivity (Wildman–Crippen MR) is 136 cm³/mol. The van der Waals surface area contributed by atoms with E-state index in [1.165, 1.54) is 12.1 Å². The van der Waals surface area contributed by atoms with Crippen molar-refractivity contribution in [3.05, 3.63) is 29.8 Å². The Hall–Kier alpha value is -3.56. The van der Waals surface area contributed by atoms with Crippen LogP contribution >= 0.6 is 0 Å². The van der Waals surface area contributed by atoms with Crippen molar-refractivity contribution in [1.82, 2.24) is 0 Å². The summed E-state index contributed by atoms with van der Waals surface area (Å²) in [6.45, 7) is 6.53. The summed E-state index contributed by atoms with van der Waals surface area (Å²) in [6.07, 6.45) is -9.08. The van der Waals surface area contributed by atoms with Crippen LogP contribution < -0.4 is 0 Å². The van der Waals surface area contributed by atoms with Crippen molar-refractivity contribution in [3.63, 3.8) is 0 Å². The molecule has 1 fully saturated rings. The highest BCUT2D eigenvalue weighted by molar-refractivity contribution is 7.86. The minimum atomic E-state index is -4.06. The molecule has 1 aromatic carbocycles. The van der Waals surface area contributed by atoms with Gasteiger partial charge in [0, 0.05) is 41.2 Å². The summed E-state index contributed by atoms with van der Waals surface area (Å²) in [7, 11) is -4.06. The van der Waals surface area contributed by atoms with Gasteiger partial charge < -0.3 is 28.4 Å². The Morgan fingerprint density at radius 1 is 0.585 bits per heavy atom. The summed E-state index contributed by atoms with van der Waals surface area (Å²) >= 11 is 0. The zero-order valence-electron chi connectivity index (χ0n) is 23.5. The first-order valence-electron chi connectivity index (χ1n) is 12.6. The van der Waals surface area contributed by atoms with E-state index in [0.29, 0.717) is 0 Å². The van der Waals surface area contributed by atoms with Gasteiger partial charge in [0.15, 0.2) is 30.5 Å². The molecule has 2 rings (SSSR count). The molecule has 0 N–H and O–H groups in total. The van der Waals surface area contributed by atoms with Gasteiger partial charge in [-0.05, 0) is 25.5 Å². The molecule has 0 heterocycles. The number of ether oxygens (including phenoxy) is 6. The van der Waals surface area contributed by atoms with Crippen LogP contribution in [0.2, 0.25) is 0 Å². The molecule has 0 spiro atoms. The lowest BCUT2D eigenvalue weighted by atomic mass is 9.83. The van der Waals surface area contributed by atoms with Gasteiger partial charge in [0.1, 0.15) is 6.10 Å². The first-order valence-corrected chi connectivity index (χ1v) is 14.0. The average Bonchev–Trinajstić information content (AvgIpc) is 2.83. The molecule has 0 aliphatic heterocycles. The molecule has 1 aliphatic rings. The number of carbonyl (C=O) groups is 5. The Kier molecular flexibility index (Phi) is 12.2. The largest absolute Gasteiger partial charge is 0.455 e. The van der Waals surface area contributed by atoms with E-state index < -0.39 is 76.6 Å². The fraction of sp³-hybridized carbons (Fsp3) is 0.577. The Balaban J connectivity index is 2.35. The smallest absolute Gasteiger partial charge is 0.303 e. The number of aryl methyl sites for hydroxylation is 1. The first-order chi connectivity index (χ1) is 19.1. The molecule has 0 amide bonds. The highest BCUT2D eigenvalue weighted by Crippen LogP contribution is 2.34. The van der Waals surface area contributed by atoms with Gasteiger partial charge in [-0.3, -0.25) is 28.2 Å². The van der Waals surface area contributed by atoms with Gasteiger partial charge in [-0.15, -0.1) is 0 Å². The fourth-order valence-corrected chi connectivity index (χ4v) is 5.10. The quantitative estimate of drug-likeness (QED) is 0.144. The van der Waals surface area contributed by atoms with E-state index in [9.17, 15) is 32.4 Å². The van der Waals surface area contributed by atoms with Crippen LogP contribution in [0.3, 0.4) is 0 Å². The molecular formula is C26H34O14S. The fourth-order valence-electron chi connectivity index (χ4n) is 4.16. The number of carbonyl (C=O) groups excluding carboxylic acids is 5. The van der Waals surface area contributed by atoms with Crippen LogP contribution in [0, 0.1) is 6.92 Å². The monoisotopic (exact) mass is 602 g/mol. The molecule has 15 heteroatoms. The van der Waals surface area contributed by atoms with Crippen molar-refractivity contribution in [1.29, 1.82) is 0 Å². The molecule has 1 saturated carbocycles. The van der Waals surface area contributed by atoms with Crippen molar-refractivity contribution >= 4 is 40.0 Å². The first kappa shape index (κ1) is 33.6. The van der Waals surface area contributed by atoms with Crippen LogP contribution in [-0.2, 0) is 66.7 Å². The predicted octanol–water partition coefficient (Wildman–Crippen LogP) is 1.15. The Bertz CT molecular complexity index is 1170. The normalized spacial score (nSPS) is 24.0. The summed E-state index contributed by atoms with van der Waals surface area (Å²) in [6, 6.07) is 6.05. The SMILES string of the molecule is CC(=O)OC1C(OC(C)=O)[C@@H](OCCCOS(=O)(=O)c2ccc(C)cc2)[C@@H](OC(C)=O)C(OC(C)=O)[C@H]1OC(C)=O. The lowest BCUT2D eigenvalue weighted by Crippen LogP contribution is -2.68. The number of hydrogen-bond acceptors (Lipinski definition) is 14. The second-order valence-electron chi connectivity index (χ2n) is 9.15. The number of rotatable bonds is 12. The van der Waals surface area contributed by atoms with E-state index in [1.54, 1.807) is 19.1 Å². The van der Waals surface area contributed by atoms with Crippen molar-refractivity contribution in [2.75, 3.05) is 13.2 Å². The van der Waals surface area contributed by atoms with Gasteiger partial charge in [-0.25, -0.2) is 0 Å².